The maximum absolute atomic E-state index is 13.3. The summed E-state index contributed by atoms with van der Waals surface area (Å²) >= 11 is 0. The molecule has 1 amide bonds. The SMILES string of the molecule is O=C(COc1ccccc1F)N1CCC(C(O)C(F)(F)F)CC1. The van der Waals surface area contributed by atoms with Crippen molar-refractivity contribution in [2.24, 2.45) is 5.92 Å². The van der Waals surface area contributed by atoms with Gasteiger partial charge in [-0.2, -0.15) is 13.2 Å². The fraction of sp³-hybridized carbons (Fsp3) is 0.533. The van der Waals surface area contributed by atoms with Crippen molar-refractivity contribution in [3.63, 3.8) is 0 Å². The van der Waals surface area contributed by atoms with Crippen molar-refractivity contribution in [1.29, 1.82) is 0 Å². The first-order chi connectivity index (χ1) is 10.8. The van der Waals surface area contributed by atoms with Crippen LogP contribution < -0.4 is 4.74 Å². The fourth-order valence-electron chi connectivity index (χ4n) is 2.52. The number of alkyl halides is 3. The number of rotatable bonds is 4. The van der Waals surface area contributed by atoms with Crippen LogP contribution in [0.25, 0.3) is 0 Å². The van der Waals surface area contributed by atoms with E-state index in [1.165, 1.54) is 23.1 Å². The maximum Gasteiger partial charge on any atom is 0.414 e. The molecule has 1 N–H and O–H groups in total. The van der Waals surface area contributed by atoms with Gasteiger partial charge >= 0.3 is 6.18 Å². The quantitative estimate of drug-likeness (QED) is 0.860. The van der Waals surface area contributed by atoms with Crippen LogP contribution in [0.5, 0.6) is 5.75 Å². The highest BCUT2D eigenvalue weighted by atomic mass is 19.4. The van der Waals surface area contributed by atoms with Crippen LogP contribution in [0.2, 0.25) is 0 Å². The topological polar surface area (TPSA) is 49.8 Å². The van der Waals surface area contributed by atoms with E-state index >= 15 is 0 Å². The minimum atomic E-state index is -4.65. The molecule has 4 nitrogen and oxygen atoms in total. The first kappa shape index (κ1) is 17.5. The molecular formula is C15H17F4NO3. The number of piperidine rings is 1. The monoisotopic (exact) mass is 335 g/mol. The van der Waals surface area contributed by atoms with Crippen LogP contribution in [0.3, 0.4) is 0 Å². The number of nitrogens with zero attached hydrogens (tertiary/aromatic N) is 1. The highest BCUT2D eigenvalue weighted by Crippen LogP contribution is 2.31. The summed E-state index contributed by atoms with van der Waals surface area (Å²) in [6, 6.07) is 5.63. The molecule has 128 valence electrons. The van der Waals surface area contributed by atoms with Crippen LogP contribution >= 0.6 is 0 Å². The Morgan fingerprint density at radius 3 is 2.48 bits per heavy atom. The predicted octanol–water partition coefficient (Wildman–Crippen LogP) is 2.37. The van der Waals surface area contributed by atoms with Crippen molar-refractivity contribution in [1.82, 2.24) is 4.90 Å². The molecule has 8 heteroatoms. The van der Waals surface area contributed by atoms with Gasteiger partial charge in [-0.3, -0.25) is 4.79 Å². The number of hydrogen-bond donors (Lipinski definition) is 1. The second kappa shape index (κ2) is 7.16. The van der Waals surface area contributed by atoms with Gasteiger partial charge < -0.3 is 14.7 Å². The van der Waals surface area contributed by atoms with Gasteiger partial charge in [-0.15, -0.1) is 0 Å². The smallest absolute Gasteiger partial charge is 0.414 e. The molecule has 0 spiro atoms. The van der Waals surface area contributed by atoms with E-state index in [1.807, 2.05) is 0 Å². The highest BCUT2D eigenvalue weighted by Gasteiger charge is 2.44. The van der Waals surface area contributed by atoms with Gasteiger partial charge in [0.1, 0.15) is 0 Å². The molecule has 0 bridgehead atoms. The molecule has 1 aromatic rings. The van der Waals surface area contributed by atoms with Crippen molar-refractivity contribution in [3.8, 4) is 5.75 Å². The fourth-order valence-corrected chi connectivity index (χ4v) is 2.52. The van der Waals surface area contributed by atoms with E-state index in [2.05, 4.69) is 0 Å². The third kappa shape index (κ3) is 4.57. The summed E-state index contributed by atoms with van der Waals surface area (Å²) in [6.45, 7) is -0.165. The summed E-state index contributed by atoms with van der Waals surface area (Å²) in [5.41, 5.74) is 0. The van der Waals surface area contributed by atoms with Crippen LogP contribution in [0, 0.1) is 11.7 Å². The number of ether oxygens (including phenoxy) is 1. The molecule has 1 atom stereocenters. The molecule has 23 heavy (non-hydrogen) atoms. The molecular weight excluding hydrogens is 318 g/mol. The molecule has 2 rings (SSSR count). The normalized spacial score (nSPS) is 17.9. The number of aliphatic hydroxyl groups excluding tert-OH is 1. The lowest BCUT2D eigenvalue weighted by molar-refractivity contribution is -0.223. The lowest BCUT2D eigenvalue weighted by Gasteiger charge is -2.34. The van der Waals surface area contributed by atoms with E-state index in [0.717, 1.165) is 0 Å². The van der Waals surface area contributed by atoms with Crippen molar-refractivity contribution in [2.45, 2.75) is 25.1 Å². The molecule has 1 aromatic carbocycles. The Morgan fingerprint density at radius 1 is 1.30 bits per heavy atom. The second-order valence-corrected chi connectivity index (χ2v) is 5.42. The maximum atomic E-state index is 13.3. The molecule has 0 saturated carbocycles. The number of carbonyl (C=O) groups is 1. The minimum Gasteiger partial charge on any atom is -0.481 e. The van der Waals surface area contributed by atoms with E-state index < -0.39 is 29.9 Å². The zero-order chi connectivity index (χ0) is 17.0. The third-order valence-corrected chi connectivity index (χ3v) is 3.86. The third-order valence-electron chi connectivity index (χ3n) is 3.86. The molecule has 0 aliphatic carbocycles. The molecule has 0 radical (unpaired) electrons. The Morgan fingerprint density at radius 2 is 1.91 bits per heavy atom. The van der Waals surface area contributed by atoms with Gasteiger partial charge in [0.15, 0.2) is 24.3 Å². The Kier molecular flexibility index (Phi) is 5.46. The van der Waals surface area contributed by atoms with Crippen LogP contribution in [0.4, 0.5) is 17.6 Å². The van der Waals surface area contributed by atoms with E-state index in [-0.39, 0.29) is 38.3 Å². The Labute approximate surface area is 130 Å². The summed E-state index contributed by atoms with van der Waals surface area (Å²) in [7, 11) is 0. The average molecular weight is 335 g/mol. The Balaban J connectivity index is 1.81. The van der Waals surface area contributed by atoms with Gasteiger partial charge in [-0.25, -0.2) is 4.39 Å². The molecule has 1 unspecified atom stereocenters. The first-order valence-corrected chi connectivity index (χ1v) is 7.19. The van der Waals surface area contributed by atoms with E-state index in [9.17, 15) is 27.5 Å². The molecule has 0 aromatic heterocycles. The van der Waals surface area contributed by atoms with Crippen LogP contribution in [0.1, 0.15) is 12.8 Å². The molecule has 1 aliphatic heterocycles. The lowest BCUT2D eigenvalue weighted by Crippen LogP contribution is -2.46. The molecule has 1 fully saturated rings. The molecule has 1 saturated heterocycles. The van der Waals surface area contributed by atoms with E-state index in [4.69, 9.17) is 4.74 Å². The van der Waals surface area contributed by atoms with Crippen LogP contribution in [0.15, 0.2) is 24.3 Å². The number of halogens is 4. The van der Waals surface area contributed by atoms with Crippen molar-refractivity contribution >= 4 is 5.91 Å². The second-order valence-electron chi connectivity index (χ2n) is 5.42. The summed E-state index contributed by atoms with van der Waals surface area (Å²) in [4.78, 5) is 13.3. The predicted molar refractivity (Wildman–Crippen MR) is 73.3 cm³/mol. The van der Waals surface area contributed by atoms with Crippen LogP contribution in [-0.4, -0.2) is 47.9 Å². The van der Waals surface area contributed by atoms with Gasteiger partial charge in [0.2, 0.25) is 0 Å². The standard InChI is InChI=1S/C15H17F4NO3/c16-11-3-1-2-4-12(11)23-9-13(21)20-7-5-10(6-8-20)14(22)15(17,18)19/h1-4,10,14,22H,5-9H2. The molecule has 1 aliphatic rings. The first-order valence-electron chi connectivity index (χ1n) is 7.19. The van der Waals surface area contributed by atoms with Gasteiger partial charge in [0, 0.05) is 13.1 Å². The average Bonchev–Trinajstić information content (AvgIpc) is 2.52. The number of carbonyl (C=O) groups excluding carboxylic acids is 1. The number of amides is 1. The van der Waals surface area contributed by atoms with Crippen LogP contribution in [-0.2, 0) is 4.79 Å². The number of hydrogen-bond acceptors (Lipinski definition) is 3. The van der Waals surface area contributed by atoms with E-state index in [0.29, 0.717) is 0 Å². The largest absolute Gasteiger partial charge is 0.481 e. The van der Waals surface area contributed by atoms with Gasteiger partial charge in [-0.1, -0.05) is 12.1 Å². The highest BCUT2D eigenvalue weighted by molar-refractivity contribution is 5.77. The van der Waals surface area contributed by atoms with Crippen molar-refractivity contribution in [2.75, 3.05) is 19.7 Å². The zero-order valence-corrected chi connectivity index (χ0v) is 12.2. The summed E-state index contributed by atoms with van der Waals surface area (Å²) < 4.78 is 55.8. The number of benzene rings is 1. The van der Waals surface area contributed by atoms with E-state index in [1.54, 1.807) is 6.07 Å². The van der Waals surface area contributed by atoms with Crippen molar-refractivity contribution in [3.05, 3.63) is 30.1 Å². The minimum absolute atomic E-state index is 0.0526. The molecule has 1 heterocycles. The number of likely N-dealkylation sites (tertiary alicyclic amines) is 1. The summed E-state index contributed by atoms with van der Waals surface area (Å²) in [5.74, 6) is -1.98. The van der Waals surface area contributed by atoms with Crippen molar-refractivity contribution < 1.29 is 32.2 Å². The lowest BCUT2D eigenvalue weighted by atomic mass is 9.91. The number of aliphatic hydroxyl groups is 1. The van der Waals surface area contributed by atoms with Gasteiger partial charge in [0.05, 0.1) is 0 Å². The number of para-hydroxylation sites is 1. The van der Waals surface area contributed by atoms with Gasteiger partial charge in [-0.05, 0) is 30.9 Å². The van der Waals surface area contributed by atoms with Gasteiger partial charge in [0.25, 0.3) is 5.91 Å². The zero-order valence-electron chi connectivity index (χ0n) is 12.2. The summed E-state index contributed by atoms with van der Waals surface area (Å²) in [5, 5.41) is 9.22. The summed E-state index contributed by atoms with van der Waals surface area (Å²) in [6.07, 6.45) is -6.89. The Bertz CT molecular complexity index is 542. The Hall–Kier alpha value is -1.83.